The number of benzene rings is 1. The zero-order valence-electron chi connectivity index (χ0n) is 10.7. The van der Waals surface area contributed by atoms with E-state index in [1.165, 1.54) is 0 Å². The standard InChI is InChI=1S/C12H15F2N3O3/c13-9-6-10(14)11(17(19)20)5-8(9)7-16-4-2-1-3-12(15)18/h5-6,16H,1-4,7H2,(H2,15,18). The van der Waals surface area contributed by atoms with E-state index in [1.807, 2.05) is 0 Å². The number of hydrogen-bond acceptors (Lipinski definition) is 4. The van der Waals surface area contributed by atoms with Gasteiger partial charge in [-0.15, -0.1) is 0 Å². The third-order valence-corrected chi connectivity index (χ3v) is 2.65. The molecule has 0 aliphatic heterocycles. The smallest absolute Gasteiger partial charge is 0.305 e. The van der Waals surface area contributed by atoms with Gasteiger partial charge in [-0.25, -0.2) is 4.39 Å². The molecule has 0 aromatic heterocycles. The van der Waals surface area contributed by atoms with Crippen LogP contribution < -0.4 is 11.1 Å². The number of nitrogens with one attached hydrogen (secondary N) is 1. The fourth-order valence-electron chi connectivity index (χ4n) is 1.63. The van der Waals surface area contributed by atoms with Crippen molar-refractivity contribution in [3.63, 3.8) is 0 Å². The molecular weight excluding hydrogens is 272 g/mol. The SMILES string of the molecule is NC(=O)CCCCNCc1cc([N+](=O)[O-])c(F)cc1F. The Morgan fingerprint density at radius 1 is 1.30 bits per heavy atom. The Hall–Kier alpha value is -2.09. The maximum absolute atomic E-state index is 13.4. The fraction of sp³-hybridized carbons (Fsp3) is 0.417. The maximum Gasteiger partial charge on any atom is 0.305 e. The molecule has 1 aromatic rings. The first-order valence-corrected chi connectivity index (χ1v) is 6.03. The molecule has 8 heteroatoms. The summed E-state index contributed by atoms with van der Waals surface area (Å²) >= 11 is 0. The average Bonchev–Trinajstić information content (AvgIpc) is 2.34. The molecule has 6 nitrogen and oxygen atoms in total. The molecule has 0 bridgehead atoms. The van der Waals surface area contributed by atoms with E-state index in [0.29, 0.717) is 25.5 Å². The predicted molar refractivity (Wildman–Crippen MR) is 67.8 cm³/mol. The first-order chi connectivity index (χ1) is 9.41. The molecule has 0 saturated carbocycles. The molecule has 0 atom stereocenters. The summed E-state index contributed by atoms with van der Waals surface area (Å²) in [6, 6.07) is 1.38. The highest BCUT2D eigenvalue weighted by atomic mass is 19.1. The van der Waals surface area contributed by atoms with E-state index in [2.05, 4.69) is 5.32 Å². The van der Waals surface area contributed by atoms with Crippen molar-refractivity contribution in [3.8, 4) is 0 Å². The summed E-state index contributed by atoms with van der Waals surface area (Å²) in [4.78, 5) is 20.1. The van der Waals surface area contributed by atoms with E-state index in [0.717, 1.165) is 6.07 Å². The van der Waals surface area contributed by atoms with Gasteiger partial charge >= 0.3 is 5.69 Å². The van der Waals surface area contributed by atoms with E-state index in [-0.39, 0.29) is 24.4 Å². The van der Waals surface area contributed by atoms with Gasteiger partial charge in [-0.3, -0.25) is 14.9 Å². The van der Waals surface area contributed by atoms with Gasteiger partial charge < -0.3 is 11.1 Å². The van der Waals surface area contributed by atoms with Crippen LogP contribution in [0.15, 0.2) is 12.1 Å². The summed E-state index contributed by atoms with van der Waals surface area (Å²) < 4.78 is 26.5. The summed E-state index contributed by atoms with van der Waals surface area (Å²) in [5.41, 5.74) is 4.24. The van der Waals surface area contributed by atoms with Crippen molar-refractivity contribution in [2.45, 2.75) is 25.8 Å². The van der Waals surface area contributed by atoms with E-state index < -0.39 is 22.2 Å². The van der Waals surface area contributed by atoms with Gasteiger partial charge in [0.2, 0.25) is 11.7 Å². The van der Waals surface area contributed by atoms with Crippen molar-refractivity contribution < 1.29 is 18.5 Å². The van der Waals surface area contributed by atoms with Crippen molar-refractivity contribution >= 4 is 11.6 Å². The number of carbonyl (C=O) groups is 1. The second-order valence-electron chi connectivity index (χ2n) is 4.25. The van der Waals surface area contributed by atoms with Crippen LogP contribution in [0.5, 0.6) is 0 Å². The van der Waals surface area contributed by atoms with Crippen LogP contribution in [0.2, 0.25) is 0 Å². The number of carbonyl (C=O) groups excluding carboxylic acids is 1. The van der Waals surface area contributed by atoms with Crippen LogP contribution in [0.3, 0.4) is 0 Å². The lowest BCUT2D eigenvalue weighted by Gasteiger charge is -2.06. The lowest BCUT2D eigenvalue weighted by Crippen LogP contribution is -2.17. The normalized spacial score (nSPS) is 10.5. The molecule has 110 valence electrons. The molecule has 1 aromatic carbocycles. The summed E-state index contributed by atoms with van der Waals surface area (Å²) in [5, 5.41) is 13.4. The second-order valence-corrected chi connectivity index (χ2v) is 4.25. The molecule has 0 spiro atoms. The summed E-state index contributed by atoms with van der Waals surface area (Å²) in [7, 11) is 0. The van der Waals surface area contributed by atoms with E-state index in [4.69, 9.17) is 5.73 Å². The molecule has 0 unspecified atom stereocenters. The molecule has 1 rings (SSSR count). The molecule has 0 fully saturated rings. The average molecular weight is 287 g/mol. The Morgan fingerprint density at radius 2 is 2.00 bits per heavy atom. The van der Waals surface area contributed by atoms with Crippen LogP contribution in [-0.4, -0.2) is 17.4 Å². The van der Waals surface area contributed by atoms with Gasteiger partial charge in [0.15, 0.2) is 0 Å². The van der Waals surface area contributed by atoms with Gasteiger partial charge in [0.1, 0.15) is 5.82 Å². The number of nitro benzene ring substituents is 1. The van der Waals surface area contributed by atoms with Gasteiger partial charge in [0.05, 0.1) is 4.92 Å². The third-order valence-electron chi connectivity index (χ3n) is 2.65. The zero-order chi connectivity index (χ0) is 15.1. The summed E-state index contributed by atoms with van der Waals surface area (Å²) in [5.74, 6) is -2.42. The van der Waals surface area contributed by atoms with E-state index in [9.17, 15) is 23.7 Å². The van der Waals surface area contributed by atoms with Crippen LogP contribution in [0.1, 0.15) is 24.8 Å². The molecule has 0 radical (unpaired) electrons. The lowest BCUT2D eigenvalue weighted by atomic mass is 10.1. The number of nitrogens with two attached hydrogens (primary N) is 1. The minimum absolute atomic E-state index is 0.0213. The zero-order valence-corrected chi connectivity index (χ0v) is 10.7. The minimum Gasteiger partial charge on any atom is -0.370 e. The third kappa shape index (κ3) is 4.88. The molecule has 0 saturated heterocycles. The van der Waals surface area contributed by atoms with Crippen molar-refractivity contribution in [3.05, 3.63) is 39.4 Å². The van der Waals surface area contributed by atoms with Crippen molar-refractivity contribution in [1.82, 2.24) is 5.32 Å². The van der Waals surface area contributed by atoms with Crippen LogP contribution in [-0.2, 0) is 11.3 Å². The number of hydrogen-bond donors (Lipinski definition) is 2. The second kappa shape index (κ2) is 7.49. The number of nitrogens with zero attached hydrogens (tertiary/aromatic N) is 1. The Bertz CT molecular complexity index is 509. The van der Waals surface area contributed by atoms with Gasteiger partial charge in [0, 0.05) is 30.7 Å². The Balaban J connectivity index is 2.49. The van der Waals surface area contributed by atoms with Gasteiger partial charge in [-0.2, -0.15) is 4.39 Å². The highest BCUT2D eigenvalue weighted by molar-refractivity contribution is 5.73. The topological polar surface area (TPSA) is 98.3 Å². The molecule has 3 N–H and O–H groups in total. The molecule has 0 aliphatic rings. The minimum atomic E-state index is -1.20. The van der Waals surface area contributed by atoms with Crippen LogP contribution in [0, 0.1) is 21.7 Å². The van der Waals surface area contributed by atoms with Crippen LogP contribution >= 0.6 is 0 Å². The number of primary amides is 1. The van der Waals surface area contributed by atoms with Gasteiger partial charge in [-0.05, 0) is 19.4 Å². The van der Waals surface area contributed by atoms with Gasteiger partial charge in [-0.1, -0.05) is 0 Å². The first-order valence-electron chi connectivity index (χ1n) is 6.03. The largest absolute Gasteiger partial charge is 0.370 e. The van der Waals surface area contributed by atoms with Crippen LogP contribution in [0.4, 0.5) is 14.5 Å². The quantitative estimate of drug-likeness (QED) is 0.431. The van der Waals surface area contributed by atoms with Gasteiger partial charge in [0.25, 0.3) is 0 Å². The summed E-state index contributed by atoms with van der Waals surface area (Å²) in [6.07, 6.45) is 1.54. The Morgan fingerprint density at radius 3 is 2.60 bits per heavy atom. The summed E-state index contributed by atoms with van der Waals surface area (Å²) in [6.45, 7) is 0.543. The lowest BCUT2D eigenvalue weighted by molar-refractivity contribution is -0.387. The van der Waals surface area contributed by atoms with Crippen LogP contribution in [0.25, 0.3) is 0 Å². The van der Waals surface area contributed by atoms with Crippen molar-refractivity contribution in [2.24, 2.45) is 5.73 Å². The predicted octanol–water partition coefficient (Wildman–Crippen LogP) is 1.62. The molecular formula is C12H15F2N3O3. The fourth-order valence-corrected chi connectivity index (χ4v) is 1.63. The number of halogens is 2. The van der Waals surface area contributed by atoms with Crippen molar-refractivity contribution in [1.29, 1.82) is 0 Å². The molecule has 0 aliphatic carbocycles. The number of amides is 1. The molecule has 20 heavy (non-hydrogen) atoms. The Labute approximate surface area is 114 Å². The number of unbranched alkanes of at least 4 members (excludes halogenated alkanes) is 1. The first kappa shape index (κ1) is 16.0. The number of nitro groups is 1. The van der Waals surface area contributed by atoms with E-state index in [1.54, 1.807) is 0 Å². The highest BCUT2D eigenvalue weighted by Crippen LogP contribution is 2.21. The highest BCUT2D eigenvalue weighted by Gasteiger charge is 2.18. The van der Waals surface area contributed by atoms with E-state index >= 15 is 0 Å². The molecule has 0 heterocycles. The van der Waals surface area contributed by atoms with Crippen molar-refractivity contribution in [2.75, 3.05) is 6.54 Å². The number of rotatable bonds is 8. The molecule has 1 amide bonds. The Kier molecular flexibility index (Phi) is 5.98. The monoisotopic (exact) mass is 287 g/mol. The maximum atomic E-state index is 13.4.